The molecular formula is C25H29N3O8. The second-order valence-electron chi connectivity index (χ2n) is 8.79. The van der Waals surface area contributed by atoms with Crippen LogP contribution in [0.2, 0.25) is 0 Å². The maximum atomic E-state index is 13.6. The van der Waals surface area contributed by atoms with Gasteiger partial charge >= 0.3 is 6.03 Å². The average molecular weight is 500 g/mol. The molecule has 2 aliphatic rings. The number of nitrogens with one attached hydrogen (secondary N) is 2. The van der Waals surface area contributed by atoms with E-state index in [4.69, 9.17) is 4.74 Å². The van der Waals surface area contributed by atoms with Crippen molar-refractivity contribution in [2.24, 2.45) is 0 Å². The molecule has 0 spiro atoms. The predicted molar refractivity (Wildman–Crippen MR) is 125 cm³/mol. The molecule has 0 saturated carbocycles. The van der Waals surface area contributed by atoms with Crippen LogP contribution in [0.25, 0.3) is 0 Å². The molecule has 0 unspecified atom stereocenters. The summed E-state index contributed by atoms with van der Waals surface area (Å²) in [4.78, 5) is 40.0. The Morgan fingerprint density at radius 1 is 0.944 bits per heavy atom. The molecule has 5 atom stereocenters. The van der Waals surface area contributed by atoms with Gasteiger partial charge in [0.1, 0.15) is 24.4 Å². The van der Waals surface area contributed by atoms with E-state index >= 15 is 0 Å². The lowest BCUT2D eigenvalue weighted by molar-refractivity contribution is -0.236. The highest BCUT2D eigenvalue weighted by Crippen LogP contribution is 2.36. The fourth-order valence-corrected chi connectivity index (χ4v) is 4.56. The van der Waals surface area contributed by atoms with Crippen molar-refractivity contribution in [3.05, 3.63) is 71.8 Å². The molecule has 2 aromatic carbocycles. The van der Waals surface area contributed by atoms with Crippen molar-refractivity contribution < 1.29 is 39.5 Å². The van der Waals surface area contributed by atoms with Crippen molar-refractivity contribution in [3.63, 3.8) is 0 Å². The summed E-state index contributed by atoms with van der Waals surface area (Å²) in [5, 5.41) is 44.3. The first-order chi connectivity index (χ1) is 17.3. The first-order valence-electron chi connectivity index (χ1n) is 11.6. The van der Waals surface area contributed by atoms with Crippen LogP contribution in [0.1, 0.15) is 24.0 Å². The van der Waals surface area contributed by atoms with Crippen molar-refractivity contribution in [1.82, 2.24) is 15.5 Å². The third-order valence-electron chi connectivity index (χ3n) is 6.50. The summed E-state index contributed by atoms with van der Waals surface area (Å²) in [7, 11) is 0. The summed E-state index contributed by atoms with van der Waals surface area (Å²) in [6.45, 7) is -0.651. The fraction of sp³-hybridized carbons (Fsp3) is 0.400. The second-order valence-corrected chi connectivity index (χ2v) is 8.79. The van der Waals surface area contributed by atoms with E-state index in [0.717, 1.165) is 4.90 Å². The van der Waals surface area contributed by atoms with Crippen LogP contribution in [0.4, 0.5) is 4.79 Å². The molecule has 192 valence electrons. The normalized spacial score (nSPS) is 27.6. The van der Waals surface area contributed by atoms with Gasteiger partial charge in [-0.3, -0.25) is 14.5 Å². The molecule has 0 aliphatic carbocycles. The zero-order chi connectivity index (χ0) is 25.9. The van der Waals surface area contributed by atoms with E-state index < -0.39 is 60.6 Å². The van der Waals surface area contributed by atoms with Gasteiger partial charge in [0, 0.05) is 13.0 Å². The summed E-state index contributed by atoms with van der Waals surface area (Å²) in [5.74, 6) is -1.02. The molecule has 2 heterocycles. The minimum absolute atomic E-state index is 0.0335. The summed E-state index contributed by atoms with van der Waals surface area (Å²) >= 11 is 0. The SMILES string of the molecule is O=C(CCCN1C(=O)NC(c2ccccc2)(c2ccccc2)C1=O)N[C@@H]1O[C@H](CO)[C@H](O)[C@H](O)[C@H]1O. The van der Waals surface area contributed by atoms with Gasteiger partial charge in [0.15, 0.2) is 11.8 Å². The number of rotatable bonds is 8. The van der Waals surface area contributed by atoms with Crippen LogP contribution in [-0.4, -0.2) is 87.0 Å². The number of carbonyl (C=O) groups is 3. The molecule has 4 amide bonds. The average Bonchev–Trinajstić information content (AvgIpc) is 3.15. The van der Waals surface area contributed by atoms with Gasteiger partial charge in [-0.05, 0) is 17.5 Å². The molecule has 2 fully saturated rings. The Morgan fingerprint density at radius 3 is 2.08 bits per heavy atom. The van der Waals surface area contributed by atoms with E-state index in [0.29, 0.717) is 11.1 Å². The lowest BCUT2D eigenvalue weighted by Gasteiger charge is -2.40. The van der Waals surface area contributed by atoms with Crippen LogP contribution in [-0.2, 0) is 19.9 Å². The Labute approximate surface area is 207 Å². The van der Waals surface area contributed by atoms with Crippen molar-refractivity contribution in [2.75, 3.05) is 13.2 Å². The van der Waals surface area contributed by atoms with Crippen LogP contribution in [0.15, 0.2) is 60.7 Å². The highest BCUT2D eigenvalue weighted by Gasteiger charge is 2.53. The number of imide groups is 1. The van der Waals surface area contributed by atoms with Crippen LogP contribution in [0.3, 0.4) is 0 Å². The highest BCUT2D eigenvalue weighted by atomic mass is 16.6. The number of hydrogen-bond donors (Lipinski definition) is 6. The highest BCUT2D eigenvalue weighted by molar-refractivity contribution is 6.09. The van der Waals surface area contributed by atoms with E-state index in [1.54, 1.807) is 48.5 Å². The van der Waals surface area contributed by atoms with E-state index in [2.05, 4.69) is 10.6 Å². The van der Waals surface area contributed by atoms with E-state index in [1.165, 1.54) is 0 Å². The molecule has 11 heteroatoms. The first-order valence-corrected chi connectivity index (χ1v) is 11.6. The third-order valence-corrected chi connectivity index (χ3v) is 6.50. The zero-order valence-corrected chi connectivity index (χ0v) is 19.4. The minimum Gasteiger partial charge on any atom is -0.394 e. The minimum atomic E-state index is -1.61. The van der Waals surface area contributed by atoms with Gasteiger partial charge in [0.25, 0.3) is 5.91 Å². The predicted octanol–water partition coefficient (Wildman–Crippen LogP) is -0.822. The van der Waals surface area contributed by atoms with Crippen LogP contribution in [0, 0.1) is 0 Å². The van der Waals surface area contributed by atoms with Gasteiger partial charge in [-0.2, -0.15) is 0 Å². The number of ether oxygens (including phenoxy) is 1. The summed E-state index contributed by atoms with van der Waals surface area (Å²) in [5.41, 5.74) is -0.173. The zero-order valence-electron chi connectivity index (χ0n) is 19.4. The molecule has 4 rings (SSSR count). The molecule has 36 heavy (non-hydrogen) atoms. The molecule has 0 bridgehead atoms. The number of hydrogen-bond acceptors (Lipinski definition) is 8. The molecular weight excluding hydrogens is 470 g/mol. The van der Waals surface area contributed by atoms with Gasteiger partial charge in [-0.15, -0.1) is 0 Å². The quantitative estimate of drug-likeness (QED) is 0.256. The maximum Gasteiger partial charge on any atom is 0.325 e. The van der Waals surface area contributed by atoms with Gasteiger partial charge in [-0.25, -0.2) is 4.79 Å². The number of nitrogens with zero attached hydrogens (tertiary/aromatic N) is 1. The van der Waals surface area contributed by atoms with Gasteiger partial charge in [0.2, 0.25) is 5.91 Å². The Bertz CT molecular complexity index is 1040. The molecule has 0 radical (unpaired) electrons. The number of carbonyl (C=O) groups excluding carboxylic acids is 3. The number of aliphatic hydroxyl groups is 4. The molecule has 2 aromatic rings. The fourth-order valence-electron chi connectivity index (χ4n) is 4.56. The topological polar surface area (TPSA) is 169 Å². The Morgan fingerprint density at radius 2 is 1.53 bits per heavy atom. The number of benzene rings is 2. The number of amides is 4. The van der Waals surface area contributed by atoms with Crippen molar-refractivity contribution >= 4 is 17.8 Å². The molecule has 0 aromatic heterocycles. The first kappa shape index (κ1) is 25.7. The van der Waals surface area contributed by atoms with E-state index in [1.807, 2.05) is 12.1 Å². The summed E-state index contributed by atoms with van der Waals surface area (Å²) in [6, 6.07) is 17.2. The maximum absolute atomic E-state index is 13.6. The number of urea groups is 1. The smallest absolute Gasteiger partial charge is 0.325 e. The van der Waals surface area contributed by atoms with Crippen LogP contribution >= 0.6 is 0 Å². The standard InChI is InChI=1S/C25H29N3O8/c29-14-17-19(31)20(32)21(33)22(36-17)26-18(30)12-7-13-28-23(34)25(27-24(28)35,15-8-3-1-4-9-15)16-10-5-2-6-11-16/h1-6,8-11,17,19-22,29,31-33H,7,12-14H2,(H,26,30)(H,27,35)/t17-,19+,20+,21-,22-/m1/s1. The van der Waals surface area contributed by atoms with E-state index in [9.17, 15) is 34.8 Å². The second kappa shape index (κ2) is 10.7. The molecule has 2 saturated heterocycles. The Kier molecular flexibility index (Phi) is 7.67. The van der Waals surface area contributed by atoms with Gasteiger partial charge < -0.3 is 35.8 Å². The molecule has 11 nitrogen and oxygen atoms in total. The van der Waals surface area contributed by atoms with Crippen molar-refractivity contribution in [2.45, 2.75) is 49.0 Å². The lowest BCUT2D eigenvalue weighted by atomic mass is 9.82. The third kappa shape index (κ3) is 4.71. The Balaban J connectivity index is 1.41. The van der Waals surface area contributed by atoms with Crippen molar-refractivity contribution in [1.29, 1.82) is 0 Å². The van der Waals surface area contributed by atoms with Crippen LogP contribution < -0.4 is 10.6 Å². The van der Waals surface area contributed by atoms with E-state index in [-0.39, 0.29) is 19.4 Å². The van der Waals surface area contributed by atoms with Gasteiger partial charge in [0.05, 0.1) is 6.61 Å². The summed E-state index contributed by atoms with van der Waals surface area (Å²) < 4.78 is 5.27. The summed E-state index contributed by atoms with van der Waals surface area (Å²) in [6.07, 6.45) is -7.23. The number of aliphatic hydroxyl groups excluding tert-OH is 4. The van der Waals surface area contributed by atoms with Crippen molar-refractivity contribution in [3.8, 4) is 0 Å². The largest absolute Gasteiger partial charge is 0.394 e. The lowest BCUT2D eigenvalue weighted by Crippen LogP contribution is -2.63. The Hall–Kier alpha value is -3.35. The monoisotopic (exact) mass is 499 g/mol. The van der Waals surface area contributed by atoms with Crippen LogP contribution in [0.5, 0.6) is 0 Å². The molecule has 6 N–H and O–H groups in total. The van der Waals surface area contributed by atoms with Gasteiger partial charge in [-0.1, -0.05) is 60.7 Å². The molecule has 2 aliphatic heterocycles.